The molecule has 22 heavy (non-hydrogen) atoms. The molecule has 0 saturated heterocycles. The van der Waals surface area contributed by atoms with Crippen molar-refractivity contribution in [3.63, 3.8) is 0 Å². The van der Waals surface area contributed by atoms with Crippen molar-refractivity contribution in [2.75, 3.05) is 0 Å². The molecule has 2 aromatic carbocycles. The molecule has 0 radical (unpaired) electrons. The van der Waals surface area contributed by atoms with Crippen LogP contribution in [0.1, 0.15) is 10.4 Å². The summed E-state index contributed by atoms with van der Waals surface area (Å²) in [6, 6.07) is 14.3. The molecule has 2 aromatic heterocycles. The van der Waals surface area contributed by atoms with Crippen molar-refractivity contribution in [1.82, 2.24) is 9.97 Å². The van der Waals surface area contributed by atoms with Gasteiger partial charge in [-0.15, -0.1) is 11.3 Å². The Morgan fingerprint density at radius 3 is 2.64 bits per heavy atom. The maximum atomic E-state index is 6.05. The molecule has 0 amide bonds. The predicted molar refractivity (Wildman–Crippen MR) is 90.9 cm³/mol. The zero-order valence-electron chi connectivity index (χ0n) is 12.3. The first-order chi connectivity index (χ1) is 10.7. The molecule has 0 spiro atoms. The summed E-state index contributed by atoms with van der Waals surface area (Å²) in [4.78, 5) is 10.9. The molecule has 0 atom stereocenters. The number of nitrogens with zero attached hydrogens (tertiary/aromatic N) is 2. The van der Waals surface area contributed by atoms with Gasteiger partial charge in [0.15, 0.2) is 0 Å². The third-order valence-corrected chi connectivity index (χ3v) is 4.98. The van der Waals surface area contributed by atoms with Crippen LogP contribution in [0.5, 0.6) is 11.6 Å². The lowest BCUT2D eigenvalue weighted by molar-refractivity contribution is 0.469. The normalized spacial score (nSPS) is 11.2. The van der Waals surface area contributed by atoms with Crippen molar-refractivity contribution in [2.24, 2.45) is 0 Å². The summed E-state index contributed by atoms with van der Waals surface area (Å²) in [6.45, 7) is 4.19. The summed E-state index contributed by atoms with van der Waals surface area (Å²) in [5, 5.41) is 3.37. The number of fused-ring (bicyclic) bond motifs is 2. The second-order valence-corrected chi connectivity index (χ2v) is 6.46. The Morgan fingerprint density at radius 2 is 1.77 bits per heavy atom. The SMILES string of the molecule is Cc1sc2ncnc(Oc3ccc4ccccc4c3)c2c1C. The van der Waals surface area contributed by atoms with Crippen LogP contribution in [0, 0.1) is 13.8 Å². The zero-order valence-corrected chi connectivity index (χ0v) is 13.1. The van der Waals surface area contributed by atoms with E-state index in [2.05, 4.69) is 42.0 Å². The quantitative estimate of drug-likeness (QED) is 0.507. The van der Waals surface area contributed by atoms with Gasteiger partial charge in [-0.3, -0.25) is 0 Å². The van der Waals surface area contributed by atoms with E-state index in [0.29, 0.717) is 5.88 Å². The lowest BCUT2D eigenvalue weighted by atomic mass is 10.1. The number of ether oxygens (including phenoxy) is 1. The van der Waals surface area contributed by atoms with E-state index in [9.17, 15) is 0 Å². The van der Waals surface area contributed by atoms with Crippen LogP contribution in [0.2, 0.25) is 0 Å². The number of aryl methyl sites for hydroxylation is 2. The van der Waals surface area contributed by atoms with Crippen molar-refractivity contribution in [3.05, 3.63) is 59.2 Å². The highest BCUT2D eigenvalue weighted by Gasteiger charge is 2.13. The predicted octanol–water partition coefficient (Wildman–Crippen LogP) is 5.25. The van der Waals surface area contributed by atoms with Gasteiger partial charge in [0.2, 0.25) is 5.88 Å². The Morgan fingerprint density at radius 1 is 0.955 bits per heavy atom. The van der Waals surface area contributed by atoms with Gasteiger partial charge >= 0.3 is 0 Å². The Bertz CT molecular complexity index is 991. The van der Waals surface area contributed by atoms with Crippen LogP contribution in [0.15, 0.2) is 48.8 Å². The highest BCUT2D eigenvalue weighted by atomic mass is 32.1. The Kier molecular flexibility index (Phi) is 3.05. The largest absolute Gasteiger partial charge is 0.438 e. The van der Waals surface area contributed by atoms with E-state index in [1.165, 1.54) is 15.8 Å². The molecule has 0 aliphatic heterocycles. The standard InChI is InChI=1S/C18H14N2OS/c1-11-12(2)22-18-16(11)17(19-10-20-18)21-15-8-7-13-5-3-4-6-14(13)9-15/h3-10H,1-2H3. The lowest BCUT2D eigenvalue weighted by Crippen LogP contribution is -1.90. The van der Waals surface area contributed by atoms with Crippen molar-refractivity contribution >= 4 is 32.3 Å². The Hall–Kier alpha value is -2.46. The average molecular weight is 306 g/mol. The Balaban J connectivity index is 1.82. The third-order valence-electron chi connectivity index (χ3n) is 3.87. The fourth-order valence-corrected chi connectivity index (χ4v) is 3.56. The summed E-state index contributed by atoms with van der Waals surface area (Å²) in [5.74, 6) is 1.42. The van der Waals surface area contributed by atoms with Gasteiger partial charge in [-0.2, -0.15) is 0 Å². The lowest BCUT2D eigenvalue weighted by Gasteiger charge is -2.07. The maximum absolute atomic E-state index is 6.05. The highest BCUT2D eigenvalue weighted by Crippen LogP contribution is 2.36. The molecule has 0 aliphatic rings. The number of aromatic nitrogens is 2. The van der Waals surface area contributed by atoms with Gasteiger partial charge in [-0.25, -0.2) is 9.97 Å². The van der Waals surface area contributed by atoms with Gasteiger partial charge in [0.25, 0.3) is 0 Å². The molecule has 0 N–H and O–H groups in total. The van der Waals surface area contributed by atoms with E-state index in [1.807, 2.05) is 24.3 Å². The van der Waals surface area contributed by atoms with Crippen LogP contribution >= 0.6 is 11.3 Å². The van der Waals surface area contributed by atoms with Gasteiger partial charge in [-0.05, 0) is 42.3 Å². The van der Waals surface area contributed by atoms with Crippen LogP contribution in [-0.2, 0) is 0 Å². The van der Waals surface area contributed by atoms with Gasteiger partial charge in [-0.1, -0.05) is 30.3 Å². The molecule has 2 heterocycles. The molecule has 0 aliphatic carbocycles. The van der Waals surface area contributed by atoms with Crippen molar-refractivity contribution in [1.29, 1.82) is 0 Å². The molecule has 108 valence electrons. The van der Waals surface area contributed by atoms with Gasteiger partial charge in [0, 0.05) is 4.88 Å². The first-order valence-electron chi connectivity index (χ1n) is 7.10. The molecule has 0 bridgehead atoms. The van der Waals surface area contributed by atoms with Crippen molar-refractivity contribution in [2.45, 2.75) is 13.8 Å². The molecule has 3 nitrogen and oxygen atoms in total. The van der Waals surface area contributed by atoms with Crippen molar-refractivity contribution in [3.8, 4) is 11.6 Å². The monoisotopic (exact) mass is 306 g/mol. The van der Waals surface area contributed by atoms with Gasteiger partial charge in [0.05, 0.1) is 5.39 Å². The smallest absolute Gasteiger partial charge is 0.231 e. The van der Waals surface area contributed by atoms with E-state index in [4.69, 9.17) is 4.74 Å². The van der Waals surface area contributed by atoms with E-state index < -0.39 is 0 Å². The molecular formula is C18H14N2OS. The minimum absolute atomic E-state index is 0.627. The number of thiophene rings is 1. The van der Waals surface area contributed by atoms with Gasteiger partial charge < -0.3 is 4.74 Å². The number of hydrogen-bond acceptors (Lipinski definition) is 4. The fourth-order valence-electron chi connectivity index (χ4n) is 2.57. The van der Waals surface area contributed by atoms with Crippen LogP contribution in [0.4, 0.5) is 0 Å². The molecule has 4 aromatic rings. The molecule has 4 rings (SSSR count). The average Bonchev–Trinajstić information content (AvgIpc) is 2.83. The first kappa shape index (κ1) is 13.2. The Labute approximate surface area is 132 Å². The summed E-state index contributed by atoms with van der Waals surface area (Å²) in [5.41, 5.74) is 1.19. The second kappa shape index (κ2) is 5.07. The zero-order chi connectivity index (χ0) is 15.1. The third kappa shape index (κ3) is 2.12. The van der Waals surface area contributed by atoms with Crippen molar-refractivity contribution < 1.29 is 4.74 Å². The van der Waals surface area contributed by atoms with E-state index >= 15 is 0 Å². The molecule has 0 saturated carbocycles. The minimum atomic E-state index is 0.627. The van der Waals surface area contributed by atoms with E-state index in [-0.39, 0.29) is 0 Å². The molecule has 0 unspecified atom stereocenters. The highest BCUT2D eigenvalue weighted by molar-refractivity contribution is 7.18. The minimum Gasteiger partial charge on any atom is -0.438 e. The van der Waals surface area contributed by atoms with Gasteiger partial charge in [0.1, 0.15) is 16.9 Å². The fraction of sp³-hybridized carbons (Fsp3) is 0.111. The second-order valence-electron chi connectivity index (χ2n) is 5.25. The number of rotatable bonds is 2. The maximum Gasteiger partial charge on any atom is 0.231 e. The van der Waals surface area contributed by atoms with E-state index in [0.717, 1.165) is 21.4 Å². The number of benzene rings is 2. The molecular weight excluding hydrogens is 292 g/mol. The summed E-state index contributed by atoms with van der Waals surface area (Å²) in [7, 11) is 0. The first-order valence-corrected chi connectivity index (χ1v) is 7.91. The summed E-state index contributed by atoms with van der Waals surface area (Å²) < 4.78 is 6.05. The summed E-state index contributed by atoms with van der Waals surface area (Å²) >= 11 is 1.67. The van der Waals surface area contributed by atoms with Crippen LogP contribution in [-0.4, -0.2) is 9.97 Å². The van der Waals surface area contributed by atoms with Crippen LogP contribution < -0.4 is 4.74 Å². The topological polar surface area (TPSA) is 35.0 Å². The molecule has 4 heteroatoms. The number of hydrogen-bond donors (Lipinski definition) is 0. The van der Waals surface area contributed by atoms with E-state index in [1.54, 1.807) is 17.7 Å². The van der Waals surface area contributed by atoms with Crippen LogP contribution in [0.3, 0.4) is 0 Å². The van der Waals surface area contributed by atoms with Crippen LogP contribution in [0.25, 0.3) is 21.0 Å². The molecule has 0 fully saturated rings. The summed E-state index contributed by atoms with van der Waals surface area (Å²) in [6.07, 6.45) is 1.56.